The molecule has 0 saturated carbocycles. The predicted octanol–water partition coefficient (Wildman–Crippen LogP) is 3.21. The van der Waals surface area contributed by atoms with E-state index in [0.717, 1.165) is 12.0 Å². The zero-order valence-electron chi connectivity index (χ0n) is 12.0. The number of benzene rings is 1. The molecular weight excluding hydrogens is 248 g/mol. The number of rotatable bonds is 5. The molecular formula is C17H20N2O. The third kappa shape index (κ3) is 4.19. The molecule has 0 aliphatic rings. The number of carbonyl (C=O) groups excluding carboxylic acids is 1. The van der Waals surface area contributed by atoms with Gasteiger partial charge in [0.15, 0.2) is 0 Å². The molecule has 0 radical (unpaired) electrons. The lowest BCUT2D eigenvalue weighted by Gasteiger charge is -2.07. The van der Waals surface area contributed by atoms with Crippen LogP contribution in [0.15, 0.2) is 48.8 Å². The molecule has 2 aromatic rings. The first kappa shape index (κ1) is 14.3. The fraction of sp³-hybridized carbons (Fsp3) is 0.294. The SMILES string of the molecule is CC(C)Cc1ccc(C(=O)NCc2cccnc2)cc1. The van der Waals surface area contributed by atoms with Crippen molar-refractivity contribution in [1.82, 2.24) is 10.3 Å². The van der Waals surface area contributed by atoms with Crippen LogP contribution in [-0.4, -0.2) is 10.9 Å². The Morgan fingerprint density at radius 1 is 1.15 bits per heavy atom. The van der Waals surface area contributed by atoms with E-state index in [9.17, 15) is 4.79 Å². The maximum absolute atomic E-state index is 12.0. The van der Waals surface area contributed by atoms with Gasteiger partial charge in [0.2, 0.25) is 0 Å². The van der Waals surface area contributed by atoms with Gasteiger partial charge in [-0.1, -0.05) is 32.0 Å². The molecule has 0 atom stereocenters. The summed E-state index contributed by atoms with van der Waals surface area (Å²) in [5.74, 6) is 0.574. The van der Waals surface area contributed by atoms with Crippen molar-refractivity contribution >= 4 is 5.91 Å². The molecule has 3 heteroatoms. The van der Waals surface area contributed by atoms with Gasteiger partial charge in [-0.25, -0.2) is 0 Å². The third-order valence-electron chi connectivity index (χ3n) is 3.04. The lowest BCUT2D eigenvalue weighted by molar-refractivity contribution is 0.0951. The van der Waals surface area contributed by atoms with Gasteiger partial charge in [-0.2, -0.15) is 0 Å². The molecule has 104 valence electrons. The fourth-order valence-corrected chi connectivity index (χ4v) is 2.05. The number of aromatic nitrogens is 1. The van der Waals surface area contributed by atoms with Crippen LogP contribution in [0.5, 0.6) is 0 Å². The fourth-order valence-electron chi connectivity index (χ4n) is 2.05. The number of carbonyl (C=O) groups is 1. The Morgan fingerprint density at radius 3 is 2.50 bits per heavy atom. The summed E-state index contributed by atoms with van der Waals surface area (Å²) in [6.45, 7) is 4.88. The van der Waals surface area contributed by atoms with Crippen LogP contribution in [0.2, 0.25) is 0 Å². The quantitative estimate of drug-likeness (QED) is 0.904. The number of amides is 1. The summed E-state index contributed by atoms with van der Waals surface area (Å²) in [7, 11) is 0. The Balaban J connectivity index is 1.92. The minimum atomic E-state index is -0.0510. The molecule has 2 rings (SSSR count). The minimum Gasteiger partial charge on any atom is -0.348 e. The van der Waals surface area contributed by atoms with E-state index in [2.05, 4.69) is 24.1 Å². The second-order valence-corrected chi connectivity index (χ2v) is 5.34. The van der Waals surface area contributed by atoms with Crippen molar-refractivity contribution in [3.63, 3.8) is 0 Å². The molecule has 1 aromatic carbocycles. The van der Waals surface area contributed by atoms with Gasteiger partial charge in [-0.3, -0.25) is 9.78 Å². The summed E-state index contributed by atoms with van der Waals surface area (Å²) in [6.07, 6.45) is 4.52. The average molecular weight is 268 g/mol. The summed E-state index contributed by atoms with van der Waals surface area (Å²) in [5.41, 5.74) is 2.96. The van der Waals surface area contributed by atoms with E-state index in [1.165, 1.54) is 5.56 Å². The summed E-state index contributed by atoms with van der Waals surface area (Å²) in [4.78, 5) is 16.0. The van der Waals surface area contributed by atoms with E-state index < -0.39 is 0 Å². The van der Waals surface area contributed by atoms with Gasteiger partial charge >= 0.3 is 0 Å². The largest absolute Gasteiger partial charge is 0.348 e. The van der Waals surface area contributed by atoms with Crippen molar-refractivity contribution in [3.05, 3.63) is 65.5 Å². The monoisotopic (exact) mass is 268 g/mol. The standard InChI is InChI=1S/C17H20N2O/c1-13(2)10-14-5-7-16(8-6-14)17(20)19-12-15-4-3-9-18-11-15/h3-9,11,13H,10,12H2,1-2H3,(H,19,20). The Bertz CT molecular complexity index is 547. The summed E-state index contributed by atoms with van der Waals surface area (Å²) in [6, 6.07) is 11.6. The molecule has 0 unspecified atom stereocenters. The Morgan fingerprint density at radius 2 is 1.90 bits per heavy atom. The van der Waals surface area contributed by atoms with Crippen molar-refractivity contribution < 1.29 is 4.79 Å². The molecule has 1 N–H and O–H groups in total. The van der Waals surface area contributed by atoms with Crippen LogP contribution < -0.4 is 5.32 Å². The molecule has 0 aliphatic heterocycles. The first-order valence-corrected chi connectivity index (χ1v) is 6.91. The maximum Gasteiger partial charge on any atom is 0.251 e. The van der Waals surface area contributed by atoms with Gasteiger partial charge in [0, 0.05) is 24.5 Å². The van der Waals surface area contributed by atoms with Crippen molar-refractivity contribution in [2.24, 2.45) is 5.92 Å². The summed E-state index contributed by atoms with van der Waals surface area (Å²) < 4.78 is 0. The normalized spacial score (nSPS) is 10.6. The van der Waals surface area contributed by atoms with E-state index in [-0.39, 0.29) is 5.91 Å². The second-order valence-electron chi connectivity index (χ2n) is 5.34. The molecule has 0 saturated heterocycles. The van der Waals surface area contributed by atoms with Crippen LogP contribution in [0.3, 0.4) is 0 Å². The first-order chi connectivity index (χ1) is 9.65. The number of nitrogens with one attached hydrogen (secondary N) is 1. The van der Waals surface area contributed by atoms with Gasteiger partial charge in [-0.15, -0.1) is 0 Å². The van der Waals surface area contributed by atoms with Crippen LogP contribution in [0, 0.1) is 5.92 Å². The minimum absolute atomic E-state index is 0.0510. The lowest BCUT2D eigenvalue weighted by atomic mass is 10.0. The van der Waals surface area contributed by atoms with E-state index in [1.54, 1.807) is 12.4 Å². The molecule has 1 heterocycles. The van der Waals surface area contributed by atoms with Gasteiger partial charge in [0.25, 0.3) is 5.91 Å². The van der Waals surface area contributed by atoms with E-state index in [0.29, 0.717) is 18.0 Å². The van der Waals surface area contributed by atoms with Gasteiger partial charge < -0.3 is 5.32 Å². The zero-order valence-corrected chi connectivity index (χ0v) is 12.0. The molecule has 20 heavy (non-hydrogen) atoms. The van der Waals surface area contributed by atoms with Gasteiger partial charge in [-0.05, 0) is 41.7 Å². The smallest absolute Gasteiger partial charge is 0.251 e. The molecule has 0 spiro atoms. The Hall–Kier alpha value is -2.16. The number of hydrogen-bond donors (Lipinski definition) is 1. The van der Waals surface area contributed by atoms with Crippen molar-refractivity contribution in [1.29, 1.82) is 0 Å². The van der Waals surface area contributed by atoms with Crippen LogP contribution >= 0.6 is 0 Å². The van der Waals surface area contributed by atoms with Gasteiger partial charge in [0.05, 0.1) is 0 Å². The highest BCUT2D eigenvalue weighted by molar-refractivity contribution is 5.94. The zero-order chi connectivity index (χ0) is 14.4. The van der Waals surface area contributed by atoms with Crippen LogP contribution in [0.1, 0.15) is 35.3 Å². The third-order valence-corrected chi connectivity index (χ3v) is 3.04. The molecule has 3 nitrogen and oxygen atoms in total. The van der Waals surface area contributed by atoms with E-state index >= 15 is 0 Å². The summed E-state index contributed by atoms with van der Waals surface area (Å²) >= 11 is 0. The molecule has 1 aromatic heterocycles. The summed E-state index contributed by atoms with van der Waals surface area (Å²) in [5, 5.41) is 2.90. The van der Waals surface area contributed by atoms with Crippen LogP contribution in [0.4, 0.5) is 0 Å². The van der Waals surface area contributed by atoms with Crippen LogP contribution in [-0.2, 0) is 13.0 Å². The molecule has 0 bridgehead atoms. The average Bonchev–Trinajstić information content (AvgIpc) is 2.46. The second kappa shape index (κ2) is 6.85. The number of hydrogen-bond acceptors (Lipinski definition) is 2. The van der Waals surface area contributed by atoms with Crippen molar-refractivity contribution in [2.45, 2.75) is 26.8 Å². The first-order valence-electron chi connectivity index (χ1n) is 6.91. The van der Waals surface area contributed by atoms with Crippen molar-refractivity contribution in [2.75, 3.05) is 0 Å². The lowest BCUT2D eigenvalue weighted by Crippen LogP contribution is -2.22. The van der Waals surface area contributed by atoms with Gasteiger partial charge in [0.1, 0.15) is 0 Å². The van der Waals surface area contributed by atoms with Crippen LogP contribution in [0.25, 0.3) is 0 Å². The molecule has 0 fully saturated rings. The topological polar surface area (TPSA) is 42.0 Å². The maximum atomic E-state index is 12.0. The number of pyridine rings is 1. The highest BCUT2D eigenvalue weighted by Crippen LogP contribution is 2.10. The van der Waals surface area contributed by atoms with Crippen molar-refractivity contribution in [3.8, 4) is 0 Å². The predicted molar refractivity (Wildman–Crippen MR) is 80.4 cm³/mol. The highest BCUT2D eigenvalue weighted by Gasteiger charge is 2.05. The molecule has 0 aliphatic carbocycles. The number of nitrogens with zero attached hydrogens (tertiary/aromatic N) is 1. The Kier molecular flexibility index (Phi) is 4.88. The van der Waals surface area contributed by atoms with E-state index in [4.69, 9.17) is 0 Å². The van der Waals surface area contributed by atoms with E-state index in [1.807, 2.05) is 36.4 Å². The Labute approximate surface area is 120 Å². The molecule has 1 amide bonds. The highest BCUT2D eigenvalue weighted by atomic mass is 16.1.